The van der Waals surface area contributed by atoms with Gasteiger partial charge in [0.2, 0.25) is 5.91 Å². The minimum absolute atomic E-state index is 0.0891. The fraction of sp³-hybridized carbons (Fsp3) is 0.222. The van der Waals surface area contributed by atoms with Gasteiger partial charge >= 0.3 is 0 Å². The summed E-state index contributed by atoms with van der Waals surface area (Å²) in [4.78, 5) is 10.6. The van der Waals surface area contributed by atoms with Gasteiger partial charge in [0.1, 0.15) is 18.4 Å². The number of hydrogen-bond donors (Lipinski definition) is 2. The third-order valence-electron chi connectivity index (χ3n) is 1.59. The highest BCUT2D eigenvalue weighted by molar-refractivity contribution is 9.10. The second-order valence-electron chi connectivity index (χ2n) is 2.78. The molecule has 5 heteroatoms. The Kier molecular flexibility index (Phi) is 3.91. The standard InChI is InChI=1S/C9H11BrN2O2/c10-6-2-1-3-7(4-6)14-5-8(11)9(12)13/h1-4,8H,5,11H2,(H2,12,13). The van der Waals surface area contributed by atoms with Crippen LogP contribution in [0.1, 0.15) is 0 Å². The predicted molar refractivity (Wildman–Crippen MR) is 56.8 cm³/mol. The number of primary amides is 1. The summed E-state index contributed by atoms with van der Waals surface area (Å²) < 4.78 is 6.16. The topological polar surface area (TPSA) is 78.3 Å². The van der Waals surface area contributed by atoms with Crippen molar-refractivity contribution in [3.05, 3.63) is 28.7 Å². The summed E-state index contributed by atoms with van der Waals surface area (Å²) in [7, 11) is 0. The van der Waals surface area contributed by atoms with Gasteiger partial charge in [-0.1, -0.05) is 22.0 Å². The highest BCUT2D eigenvalue weighted by atomic mass is 79.9. The lowest BCUT2D eigenvalue weighted by Gasteiger charge is -2.09. The monoisotopic (exact) mass is 258 g/mol. The maximum absolute atomic E-state index is 10.6. The molecule has 1 amide bonds. The van der Waals surface area contributed by atoms with Gasteiger partial charge in [-0.3, -0.25) is 4.79 Å². The molecule has 0 saturated heterocycles. The van der Waals surface area contributed by atoms with Gasteiger partial charge in [0, 0.05) is 4.47 Å². The van der Waals surface area contributed by atoms with E-state index >= 15 is 0 Å². The first-order chi connectivity index (χ1) is 6.59. The zero-order valence-electron chi connectivity index (χ0n) is 7.44. The Morgan fingerprint density at radius 3 is 2.86 bits per heavy atom. The molecule has 0 radical (unpaired) electrons. The van der Waals surface area contributed by atoms with Crippen molar-refractivity contribution in [3.8, 4) is 5.75 Å². The van der Waals surface area contributed by atoms with E-state index in [1.54, 1.807) is 12.1 Å². The molecule has 0 aromatic heterocycles. The van der Waals surface area contributed by atoms with Gasteiger partial charge in [-0.25, -0.2) is 0 Å². The third-order valence-corrected chi connectivity index (χ3v) is 2.08. The van der Waals surface area contributed by atoms with Crippen LogP contribution in [0.3, 0.4) is 0 Å². The number of carbonyl (C=O) groups excluding carboxylic acids is 1. The van der Waals surface area contributed by atoms with Crippen LogP contribution in [0.4, 0.5) is 0 Å². The van der Waals surface area contributed by atoms with Crippen molar-refractivity contribution in [2.45, 2.75) is 6.04 Å². The molecule has 0 heterocycles. The van der Waals surface area contributed by atoms with Crippen molar-refractivity contribution in [1.82, 2.24) is 0 Å². The van der Waals surface area contributed by atoms with Gasteiger partial charge in [0.15, 0.2) is 0 Å². The van der Waals surface area contributed by atoms with E-state index in [0.29, 0.717) is 5.75 Å². The first-order valence-corrected chi connectivity index (χ1v) is 4.82. The number of ether oxygens (including phenoxy) is 1. The Morgan fingerprint density at radius 1 is 1.57 bits per heavy atom. The lowest BCUT2D eigenvalue weighted by molar-refractivity contribution is -0.119. The highest BCUT2D eigenvalue weighted by Crippen LogP contribution is 2.17. The molecule has 14 heavy (non-hydrogen) atoms. The molecule has 0 aliphatic rings. The van der Waals surface area contributed by atoms with Crippen LogP contribution >= 0.6 is 15.9 Å². The van der Waals surface area contributed by atoms with Crippen molar-refractivity contribution in [2.75, 3.05) is 6.61 Å². The molecule has 0 bridgehead atoms. The Hall–Kier alpha value is -1.07. The largest absolute Gasteiger partial charge is 0.491 e. The van der Waals surface area contributed by atoms with E-state index in [4.69, 9.17) is 16.2 Å². The van der Waals surface area contributed by atoms with E-state index in [1.807, 2.05) is 12.1 Å². The second kappa shape index (κ2) is 4.97. The zero-order valence-corrected chi connectivity index (χ0v) is 9.03. The molecule has 1 aromatic carbocycles. The molecule has 76 valence electrons. The quantitative estimate of drug-likeness (QED) is 0.832. The van der Waals surface area contributed by atoms with Crippen LogP contribution < -0.4 is 16.2 Å². The zero-order chi connectivity index (χ0) is 10.6. The van der Waals surface area contributed by atoms with Crippen LogP contribution in [0.5, 0.6) is 5.75 Å². The average molecular weight is 259 g/mol. The Labute approximate surface area is 90.3 Å². The summed E-state index contributed by atoms with van der Waals surface area (Å²) in [6.07, 6.45) is 0. The van der Waals surface area contributed by atoms with Crippen LogP contribution in [0.25, 0.3) is 0 Å². The number of halogens is 1. The van der Waals surface area contributed by atoms with E-state index in [0.717, 1.165) is 4.47 Å². The van der Waals surface area contributed by atoms with Crippen molar-refractivity contribution >= 4 is 21.8 Å². The van der Waals surface area contributed by atoms with Gasteiger partial charge in [-0.05, 0) is 18.2 Å². The van der Waals surface area contributed by atoms with E-state index in [9.17, 15) is 4.79 Å². The Morgan fingerprint density at radius 2 is 2.29 bits per heavy atom. The highest BCUT2D eigenvalue weighted by Gasteiger charge is 2.09. The van der Waals surface area contributed by atoms with Crippen LogP contribution in [0.2, 0.25) is 0 Å². The van der Waals surface area contributed by atoms with E-state index < -0.39 is 11.9 Å². The van der Waals surface area contributed by atoms with Crippen molar-refractivity contribution in [2.24, 2.45) is 11.5 Å². The maximum atomic E-state index is 10.6. The number of amides is 1. The number of rotatable bonds is 4. The molecule has 1 aromatic rings. The Balaban J connectivity index is 2.49. The second-order valence-corrected chi connectivity index (χ2v) is 3.69. The molecule has 1 rings (SSSR count). The molecule has 0 fully saturated rings. The molecule has 4 N–H and O–H groups in total. The first kappa shape index (κ1) is 11.0. The molecule has 0 spiro atoms. The van der Waals surface area contributed by atoms with Gasteiger partial charge < -0.3 is 16.2 Å². The number of nitrogens with two attached hydrogens (primary N) is 2. The van der Waals surface area contributed by atoms with Crippen LogP contribution in [0, 0.1) is 0 Å². The van der Waals surface area contributed by atoms with E-state index in [2.05, 4.69) is 15.9 Å². The molecule has 0 aliphatic carbocycles. The fourth-order valence-corrected chi connectivity index (χ4v) is 1.20. The van der Waals surface area contributed by atoms with Gasteiger partial charge in [-0.2, -0.15) is 0 Å². The smallest absolute Gasteiger partial charge is 0.237 e. The van der Waals surface area contributed by atoms with Crippen molar-refractivity contribution in [1.29, 1.82) is 0 Å². The summed E-state index contributed by atoms with van der Waals surface area (Å²) in [6.45, 7) is 0.0891. The minimum atomic E-state index is -0.769. The molecule has 1 atom stereocenters. The summed E-state index contributed by atoms with van der Waals surface area (Å²) in [5.74, 6) is 0.0797. The van der Waals surface area contributed by atoms with Gasteiger partial charge in [-0.15, -0.1) is 0 Å². The maximum Gasteiger partial charge on any atom is 0.237 e. The molecular formula is C9H11BrN2O2. The first-order valence-electron chi connectivity index (χ1n) is 4.03. The lowest BCUT2D eigenvalue weighted by Crippen LogP contribution is -2.41. The van der Waals surface area contributed by atoms with Crippen molar-refractivity contribution < 1.29 is 9.53 Å². The molecule has 4 nitrogen and oxygen atoms in total. The van der Waals surface area contributed by atoms with Gasteiger partial charge in [0.05, 0.1) is 0 Å². The summed E-state index contributed by atoms with van der Waals surface area (Å²) in [5.41, 5.74) is 10.4. The number of carbonyl (C=O) groups is 1. The van der Waals surface area contributed by atoms with Gasteiger partial charge in [0.25, 0.3) is 0 Å². The number of hydrogen-bond acceptors (Lipinski definition) is 3. The molecule has 0 aliphatic heterocycles. The molecular weight excluding hydrogens is 248 g/mol. The van der Waals surface area contributed by atoms with E-state index in [-0.39, 0.29) is 6.61 Å². The predicted octanol–water partition coefficient (Wildman–Crippen LogP) is 0.641. The summed E-state index contributed by atoms with van der Waals surface area (Å²) in [6, 6.07) is 6.50. The van der Waals surface area contributed by atoms with Crippen LogP contribution in [0.15, 0.2) is 28.7 Å². The number of benzene rings is 1. The van der Waals surface area contributed by atoms with Crippen LogP contribution in [-0.4, -0.2) is 18.6 Å². The Bertz CT molecular complexity index is 330. The molecule has 0 saturated carbocycles. The molecule has 1 unspecified atom stereocenters. The van der Waals surface area contributed by atoms with E-state index in [1.165, 1.54) is 0 Å². The normalized spacial score (nSPS) is 12.1. The minimum Gasteiger partial charge on any atom is -0.491 e. The average Bonchev–Trinajstić information content (AvgIpc) is 2.14. The third kappa shape index (κ3) is 3.35. The van der Waals surface area contributed by atoms with Crippen LogP contribution in [-0.2, 0) is 4.79 Å². The summed E-state index contributed by atoms with van der Waals surface area (Å²) >= 11 is 3.30. The fourth-order valence-electron chi connectivity index (χ4n) is 0.825. The van der Waals surface area contributed by atoms with Crippen molar-refractivity contribution in [3.63, 3.8) is 0 Å². The lowest BCUT2D eigenvalue weighted by atomic mass is 10.3. The summed E-state index contributed by atoms with van der Waals surface area (Å²) in [5, 5.41) is 0. The SMILES string of the molecule is NC(=O)C(N)COc1cccc(Br)c1.